The van der Waals surface area contributed by atoms with Gasteiger partial charge in [0.25, 0.3) is 5.91 Å². The zero-order valence-corrected chi connectivity index (χ0v) is 20.5. The zero-order valence-electron chi connectivity index (χ0n) is 20.5. The maximum atomic E-state index is 13.6. The van der Waals surface area contributed by atoms with Crippen molar-refractivity contribution in [3.8, 4) is 11.3 Å². The summed E-state index contributed by atoms with van der Waals surface area (Å²) in [6.45, 7) is 6.33. The standard InChI is InChI=1S/C28H33N5O/c1-5-28(21-15-29-32-25(21)30-22-14-27(2,3)31-26(34)23(22)28)19-11-8-10-17(13-19)24-20-12-7-6-9-18(20)16-33(24)4/h8,10-11,13,15-16,25,30H,5-7,9,12,14H2,1-4H3,(H,31,34)/t25?,28-/m0/s1. The quantitative estimate of drug-likeness (QED) is 0.680. The van der Waals surface area contributed by atoms with Crippen molar-refractivity contribution in [3.63, 3.8) is 0 Å². The van der Waals surface area contributed by atoms with Gasteiger partial charge >= 0.3 is 0 Å². The summed E-state index contributed by atoms with van der Waals surface area (Å²) in [5, 5.41) is 15.6. The molecule has 0 saturated heterocycles. The second-order valence-corrected chi connectivity index (χ2v) is 10.9. The van der Waals surface area contributed by atoms with Crippen molar-refractivity contribution < 1.29 is 4.79 Å². The minimum absolute atomic E-state index is 0.00787. The number of aromatic nitrogens is 1. The van der Waals surface area contributed by atoms with E-state index in [-0.39, 0.29) is 17.6 Å². The molecule has 0 fully saturated rings. The van der Waals surface area contributed by atoms with Gasteiger partial charge in [-0.1, -0.05) is 25.1 Å². The highest BCUT2D eigenvalue weighted by atomic mass is 16.2. The summed E-state index contributed by atoms with van der Waals surface area (Å²) in [6, 6.07) is 8.86. The summed E-state index contributed by atoms with van der Waals surface area (Å²) < 4.78 is 2.29. The molecule has 6 nitrogen and oxygen atoms in total. The van der Waals surface area contributed by atoms with E-state index in [0.717, 1.165) is 48.1 Å². The number of nitrogens with zero attached hydrogens (tertiary/aromatic N) is 3. The molecule has 0 spiro atoms. The summed E-state index contributed by atoms with van der Waals surface area (Å²) in [4.78, 5) is 13.6. The number of nitrogens with one attached hydrogen (secondary N) is 2. The highest BCUT2D eigenvalue weighted by Crippen LogP contribution is 2.51. The van der Waals surface area contributed by atoms with Gasteiger partial charge < -0.3 is 15.2 Å². The number of rotatable bonds is 3. The van der Waals surface area contributed by atoms with Crippen molar-refractivity contribution in [2.24, 2.45) is 17.3 Å². The van der Waals surface area contributed by atoms with E-state index in [2.05, 4.69) is 83.7 Å². The smallest absolute Gasteiger partial charge is 0.250 e. The molecule has 2 atom stereocenters. The fraction of sp³-hybridized carbons (Fsp3) is 0.464. The highest BCUT2D eigenvalue weighted by Gasteiger charge is 2.53. The number of benzene rings is 1. The Morgan fingerprint density at radius 3 is 2.85 bits per heavy atom. The lowest BCUT2D eigenvalue weighted by molar-refractivity contribution is -0.120. The fourth-order valence-corrected chi connectivity index (χ4v) is 6.77. The molecule has 0 bridgehead atoms. The molecule has 4 aliphatic rings. The van der Waals surface area contributed by atoms with E-state index in [0.29, 0.717) is 0 Å². The number of amides is 1. The van der Waals surface area contributed by atoms with Gasteiger partial charge in [0.05, 0.1) is 22.9 Å². The molecule has 2 aromatic rings. The van der Waals surface area contributed by atoms with E-state index in [1.165, 1.54) is 35.2 Å². The average Bonchev–Trinajstić information content (AvgIpc) is 3.40. The molecule has 3 aliphatic heterocycles. The van der Waals surface area contributed by atoms with Crippen LogP contribution < -0.4 is 10.6 Å². The topological polar surface area (TPSA) is 70.8 Å². The van der Waals surface area contributed by atoms with Crippen LogP contribution in [0, 0.1) is 0 Å². The molecule has 4 heterocycles. The first-order valence-corrected chi connectivity index (χ1v) is 12.6. The monoisotopic (exact) mass is 455 g/mol. The largest absolute Gasteiger partial charge is 0.362 e. The Labute approximate surface area is 201 Å². The number of fused-ring (bicyclic) bond motifs is 2. The molecular weight excluding hydrogens is 422 g/mol. The second kappa shape index (κ2) is 7.42. The van der Waals surface area contributed by atoms with Crippen LogP contribution in [0.2, 0.25) is 0 Å². The van der Waals surface area contributed by atoms with Crippen LogP contribution in [0.15, 0.2) is 63.7 Å². The molecule has 176 valence electrons. The van der Waals surface area contributed by atoms with Crippen LogP contribution in [0.4, 0.5) is 0 Å². The Balaban J connectivity index is 1.56. The number of carbonyl (C=O) groups excluding carboxylic acids is 1. The van der Waals surface area contributed by atoms with Crippen molar-refractivity contribution in [2.75, 3.05) is 0 Å². The molecule has 2 N–H and O–H groups in total. The van der Waals surface area contributed by atoms with Gasteiger partial charge in [-0.15, -0.1) is 0 Å². The van der Waals surface area contributed by atoms with Gasteiger partial charge in [0.15, 0.2) is 6.17 Å². The minimum Gasteiger partial charge on any atom is -0.362 e. The van der Waals surface area contributed by atoms with Crippen molar-refractivity contribution in [1.82, 2.24) is 15.2 Å². The number of azo groups is 1. The van der Waals surface area contributed by atoms with Gasteiger partial charge in [0.2, 0.25) is 0 Å². The first-order chi connectivity index (χ1) is 16.3. The van der Waals surface area contributed by atoms with Crippen molar-refractivity contribution >= 4 is 5.91 Å². The van der Waals surface area contributed by atoms with Gasteiger partial charge in [0.1, 0.15) is 0 Å². The average molecular weight is 456 g/mol. The van der Waals surface area contributed by atoms with Gasteiger partial charge in [-0.25, -0.2) is 0 Å². The molecule has 1 unspecified atom stereocenters. The lowest BCUT2D eigenvalue weighted by Crippen LogP contribution is -2.58. The minimum atomic E-state index is -0.559. The van der Waals surface area contributed by atoms with Gasteiger partial charge in [-0.3, -0.25) is 4.79 Å². The third-order valence-electron chi connectivity index (χ3n) is 8.16. The van der Waals surface area contributed by atoms with Crippen LogP contribution >= 0.6 is 0 Å². The lowest BCUT2D eigenvalue weighted by Gasteiger charge is -2.48. The Morgan fingerprint density at radius 1 is 1.21 bits per heavy atom. The van der Waals surface area contributed by atoms with Gasteiger partial charge in [0, 0.05) is 36.5 Å². The predicted molar refractivity (Wildman–Crippen MR) is 133 cm³/mol. The molecule has 6 rings (SSSR count). The van der Waals surface area contributed by atoms with Gasteiger partial charge in [-0.05, 0) is 74.3 Å². The Morgan fingerprint density at radius 2 is 2.03 bits per heavy atom. The Hall–Kier alpha value is -3.15. The summed E-state index contributed by atoms with van der Waals surface area (Å²) in [5.74, 6) is 0.00787. The van der Waals surface area contributed by atoms with Crippen LogP contribution in [-0.2, 0) is 30.1 Å². The molecule has 1 amide bonds. The number of aryl methyl sites for hydroxylation is 2. The second-order valence-electron chi connectivity index (χ2n) is 10.9. The van der Waals surface area contributed by atoms with E-state index in [1.807, 2.05) is 6.20 Å². The zero-order chi connectivity index (χ0) is 23.7. The SMILES string of the molecule is CC[C@]1(c2cccc(-c3c4c(cn3C)CCCC4)c2)C2=CN=NC2NC2=C1C(=O)NC(C)(C)C2. The Kier molecular flexibility index (Phi) is 4.67. The van der Waals surface area contributed by atoms with E-state index in [4.69, 9.17) is 0 Å². The lowest BCUT2D eigenvalue weighted by atomic mass is 9.62. The van der Waals surface area contributed by atoms with Crippen molar-refractivity contribution in [2.45, 2.75) is 76.4 Å². The van der Waals surface area contributed by atoms with Crippen LogP contribution in [0.3, 0.4) is 0 Å². The van der Waals surface area contributed by atoms with Crippen LogP contribution in [0.5, 0.6) is 0 Å². The first kappa shape index (κ1) is 21.4. The third kappa shape index (κ3) is 2.97. The normalized spacial score (nSPS) is 26.9. The molecule has 34 heavy (non-hydrogen) atoms. The van der Waals surface area contributed by atoms with Crippen LogP contribution in [0.1, 0.15) is 63.1 Å². The molecule has 6 heteroatoms. The molecule has 0 radical (unpaired) electrons. The number of hydrogen-bond donors (Lipinski definition) is 2. The molecule has 0 saturated carbocycles. The number of hydrogen-bond acceptors (Lipinski definition) is 4. The van der Waals surface area contributed by atoms with Crippen LogP contribution in [-0.4, -0.2) is 22.2 Å². The highest BCUT2D eigenvalue weighted by molar-refractivity contribution is 6.00. The molecule has 1 aromatic carbocycles. The van der Waals surface area contributed by atoms with E-state index in [9.17, 15) is 4.79 Å². The van der Waals surface area contributed by atoms with Crippen molar-refractivity contribution in [3.05, 3.63) is 70.2 Å². The van der Waals surface area contributed by atoms with Crippen LogP contribution in [0.25, 0.3) is 11.3 Å². The van der Waals surface area contributed by atoms with Gasteiger partial charge in [-0.2, -0.15) is 10.2 Å². The summed E-state index contributed by atoms with van der Waals surface area (Å²) >= 11 is 0. The van der Waals surface area contributed by atoms with E-state index in [1.54, 1.807) is 0 Å². The maximum Gasteiger partial charge on any atom is 0.250 e. The number of carbonyl (C=O) groups is 1. The maximum absolute atomic E-state index is 13.6. The fourth-order valence-electron chi connectivity index (χ4n) is 6.77. The summed E-state index contributed by atoms with van der Waals surface area (Å²) in [5.41, 5.74) is 8.68. The molecular formula is C28H33N5O. The first-order valence-electron chi connectivity index (χ1n) is 12.6. The third-order valence-corrected chi connectivity index (χ3v) is 8.16. The predicted octanol–water partition coefficient (Wildman–Crippen LogP) is 5.05. The Bertz CT molecular complexity index is 1290. The van der Waals surface area contributed by atoms with E-state index < -0.39 is 5.41 Å². The summed E-state index contributed by atoms with van der Waals surface area (Å²) in [7, 11) is 2.16. The molecule has 1 aromatic heterocycles. The van der Waals surface area contributed by atoms with E-state index >= 15 is 0 Å². The molecule has 1 aliphatic carbocycles. The van der Waals surface area contributed by atoms with Crippen molar-refractivity contribution in [1.29, 1.82) is 0 Å². The summed E-state index contributed by atoms with van der Waals surface area (Å²) in [6.07, 6.45) is 10.3.